The van der Waals surface area contributed by atoms with Crippen LogP contribution in [0.1, 0.15) is 15.9 Å². The second-order valence-electron chi connectivity index (χ2n) is 5.07. The highest BCUT2D eigenvalue weighted by Gasteiger charge is 2.16. The van der Waals surface area contributed by atoms with Crippen LogP contribution in [0.3, 0.4) is 0 Å². The lowest BCUT2D eigenvalue weighted by atomic mass is 10.2. The minimum Gasteiger partial charge on any atom is -0.423 e. The number of amides is 1. The summed E-state index contributed by atoms with van der Waals surface area (Å²) >= 11 is 13.1. The van der Waals surface area contributed by atoms with E-state index in [2.05, 4.69) is 15.5 Å². The van der Waals surface area contributed by atoms with Gasteiger partial charge in [-0.2, -0.15) is 5.10 Å². The number of amidine groups is 1. The van der Waals surface area contributed by atoms with Gasteiger partial charge in [-0.05, 0) is 48.0 Å². The van der Waals surface area contributed by atoms with Crippen LogP contribution in [0, 0.1) is 0 Å². The molecule has 0 aliphatic carbocycles. The molecule has 1 fully saturated rings. The van der Waals surface area contributed by atoms with Gasteiger partial charge in [-0.25, -0.2) is 4.79 Å². The molecule has 1 saturated heterocycles. The van der Waals surface area contributed by atoms with Crippen LogP contribution in [-0.4, -0.2) is 29.0 Å². The van der Waals surface area contributed by atoms with E-state index >= 15 is 0 Å². The molecule has 0 atom stereocenters. The lowest BCUT2D eigenvalue weighted by Crippen LogP contribution is -2.19. The van der Waals surface area contributed by atoms with Crippen LogP contribution in [0.25, 0.3) is 0 Å². The van der Waals surface area contributed by atoms with Crippen LogP contribution in [-0.2, 0) is 4.79 Å². The van der Waals surface area contributed by atoms with E-state index in [0.717, 1.165) is 5.56 Å². The fourth-order valence-electron chi connectivity index (χ4n) is 1.97. The summed E-state index contributed by atoms with van der Waals surface area (Å²) in [5.74, 6) is 0.0546. The average Bonchev–Trinajstić information content (AvgIpc) is 3.01. The van der Waals surface area contributed by atoms with Crippen LogP contribution in [0.15, 0.2) is 52.7 Å². The molecule has 1 aliphatic heterocycles. The third-order valence-corrected chi connectivity index (χ3v) is 4.59. The molecule has 6 nitrogen and oxygen atoms in total. The van der Waals surface area contributed by atoms with Gasteiger partial charge in [0.15, 0.2) is 5.17 Å². The monoisotopic (exact) mass is 407 g/mol. The van der Waals surface area contributed by atoms with Gasteiger partial charge in [-0.15, -0.1) is 5.10 Å². The third-order valence-electron chi connectivity index (χ3n) is 3.18. The summed E-state index contributed by atoms with van der Waals surface area (Å²) in [7, 11) is 0. The first kappa shape index (κ1) is 18.4. The van der Waals surface area contributed by atoms with Gasteiger partial charge < -0.3 is 10.1 Å². The number of esters is 1. The molecule has 2 aromatic rings. The predicted molar refractivity (Wildman–Crippen MR) is 103 cm³/mol. The summed E-state index contributed by atoms with van der Waals surface area (Å²) in [5, 5.41) is 11.5. The number of hydrogen-bond donors (Lipinski definition) is 1. The largest absolute Gasteiger partial charge is 0.423 e. The van der Waals surface area contributed by atoms with E-state index in [-0.39, 0.29) is 16.5 Å². The first-order chi connectivity index (χ1) is 12.5. The van der Waals surface area contributed by atoms with Gasteiger partial charge in [-0.3, -0.25) is 4.79 Å². The zero-order valence-corrected chi connectivity index (χ0v) is 15.4. The molecule has 26 heavy (non-hydrogen) atoms. The second-order valence-corrected chi connectivity index (χ2v) is 6.88. The topological polar surface area (TPSA) is 80.1 Å². The normalized spacial score (nSPS) is 15.5. The van der Waals surface area contributed by atoms with E-state index < -0.39 is 5.97 Å². The maximum atomic E-state index is 12.1. The Labute approximate surface area is 163 Å². The van der Waals surface area contributed by atoms with E-state index in [1.165, 1.54) is 30.1 Å². The second kappa shape index (κ2) is 8.35. The van der Waals surface area contributed by atoms with E-state index in [9.17, 15) is 9.59 Å². The van der Waals surface area contributed by atoms with E-state index in [1.54, 1.807) is 30.3 Å². The number of nitrogens with one attached hydrogen (secondary N) is 1. The first-order valence-corrected chi connectivity index (χ1v) is 9.06. The van der Waals surface area contributed by atoms with Crippen LogP contribution in [0.4, 0.5) is 0 Å². The number of ether oxygens (including phenoxy) is 1. The molecule has 3 rings (SSSR count). The number of hydrogen-bond acceptors (Lipinski definition) is 6. The lowest BCUT2D eigenvalue weighted by Gasteiger charge is -2.06. The van der Waals surface area contributed by atoms with Crippen molar-refractivity contribution in [2.75, 3.05) is 5.75 Å². The number of rotatable bonds is 4. The van der Waals surface area contributed by atoms with Gasteiger partial charge in [0.25, 0.3) is 0 Å². The minimum atomic E-state index is -0.575. The SMILES string of the molecule is O=C1CSC(=NN=Cc2ccc(OC(=O)c3ccc(Cl)cc3Cl)cc2)N1. The zero-order chi connectivity index (χ0) is 18.5. The maximum absolute atomic E-state index is 12.1. The summed E-state index contributed by atoms with van der Waals surface area (Å²) in [6.07, 6.45) is 1.53. The van der Waals surface area contributed by atoms with Gasteiger partial charge >= 0.3 is 5.97 Å². The molecule has 0 spiro atoms. The molecule has 1 N–H and O–H groups in total. The number of nitrogens with zero attached hydrogens (tertiary/aromatic N) is 2. The number of carbonyl (C=O) groups excluding carboxylic acids is 2. The van der Waals surface area contributed by atoms with Gasteiger partial charge in [0, 0.05) is 5.02 Å². The quantitative estimate of drug-likeness (QED) is 0.362. The van der Waals surface area contributed by atoms with E-state index in [0.29, 0.717) is 21.7 Å². The molecule has 1 aliphatic rings. The molecule has 9 heteroatoms. The minimum absolute atomic E-state index is 0.0871. The lowest BCUT2D eigenvalue weighted by molar-refractivity contribution is -0.116. The standard InChI is InChI=1S/C17H11Cl2N3O3S/c18-11-3-6-13(14(19)7-11)16(24)25-12-4-1-10(2-5-12)8-20-22-17-21-15(23)9-26-17/h1-8H,9H2,(H,21,22,23). The highest BCUT2D eigenvalue weighted by Crippen LogP contribution is 2.23. The Morgan fingerprint density at radius 3 is 2.62 bits per heavy atom. The highest BCUT2D eigenvalue weighted by molar-refractivity contribution is 8.15. The molecular weight excluding hydrogens is 397 g/mol. The summed E-state index contributed by atoms with van der Waals surface area (Å²) in [6, 6.07) is 11.2. The van der Waals surface area contributed by atoms with Gasteiger partial charge in [0.2, 0.25) is 5.91 Å². The van der Waals surface area contributed by atoms with Crippen molar-refractivity contribution < 1.29 is 14.3 Å². The van der Waals surface area contributed by atoms with Crippen LogP contribution >= 0.6 is 35.0 Å². The van der Waals surface area contributed by atoms with Crippen molar-refractivity contribution in [3.63, 3.8) is 0 Å². The highest BCUT2D eigenvalue weighted by atomic mass is 35.5. The number of halogens is 2. The zero-order valence-electron chi connectivity index (χ0n) is 13.1. The molecule has 1 amide bonds. The number of thioether (sulfide) groups is 1. The molecule has 0 saturated carbocycles. The third kappa shape index (κ3) is 4.85. The molecule has 132 valence electrons. The van der Waals surface area contributed by atoms with Crippen molar-refractivity contribution in [1.82, 2.24) is 5.32 Å². The molecular formula is C17H11Cl2N3O3S. The van der Waals surface area contributed by atoms with Crippen molar-refractivity contribution in [2.45, 2.75) is 0 Å². The summed E-state index contributed by atoms with van der Waals surface area (Å²) in [6.45, 7) is 0. The van der Waals surface area contributed by atoms with Crippen molar-refractivity contribution in [2.24, 2.45) is 10.2 Å². The van der Waals surface area contributed by atoms with Crippen LogP contribution < -0.4 is 10.1 Å². The molecule has 0 unspecified atom stereocenters. The fourth-order valence-corrected chi connectivity index (χ4v) is 3.08. The average molecular weight is 408 g/mol. The fraction of sp³-hybridized carbons (Fsp3) is 0.0588. The number of benzene rings is 2. The van der Waals surface area contributed by atoms with Crippen molar-refractivity contribution in [3.05, 3.63) is 63.6 Å². The molecule has 1 heterocycles. The Bertz CT molecular complexity index is 914. The predicted octanol–water partition coefficient (Wildman–Crippen LogP) is 3.77. The van der Waals surface area contributed by atoms with E-state index in [4.69, 9.17) is 27.9 Å². The van der Waals surface area contributed by atoms with Crippen LogP contribution in [0.5, 0.6) is 5.75 Å². The Kier molecular flexibility index (Phi) is 5.92. The molecule has 0 radical (unpaired) electrons. The Balaban J connectivity index is 1.62. The Morgan fingerprint density at radius 1 is 1.19 bits per heavy atom. The van der Waals surface area contributed by atoms with Gasteiger partial charge in [0.05, 0.1) is 22.6 Å². The molecule has 0 aromatic heterocycles. The summed E-state index contributed by atoms with van der Waals surface area (Å²) in [5.41, 5.74) is 0.988. The Hall–Kier alpha value is -2.35. The first-order valence-electron chi connectivity index (χ1n) is 7.32. The maximum Gasteiger partial charge on any atom is 0.345 e. The number of carbonyl (C=O) groups is 2. The van der Waals surface area contributed by atoms with Gasteiger partial charge in [-0.1, -0.05) is 35.0 Å². The van der Waals surface area contributed by atoms with Crippen molar-refractivity contribution >= 4 is 58.2 Å². The summed E-state index contributed by atoms with van der Waals surface area (Å²) < 4.78 is 5.28. The Morgan fingerprint density at radius 2 is 1.96 bits per heavy atom. The summed E-state index contributed by atoms with van der Waals surface area (Å²) in [4.78, 5) is 23.2. The van der Waals surface area contributed by atoms with Gasteiger partial charge in [0.1, 0.15) is 5.75 Å². The van der Waals surface area contributed by atoms with Crippen molar-refractivity contribution in [3.8, 4) is 5.75 Å². The molecule has 2 aromatic carbocycles. The van der Waals surface area contributed by atoms with E-state index in [1.807, 2.05) is 0 Å². The van der Waals surface area contributed by atoms with Crippen molar-refractivity contribution in [1.29, 1.82) is 0 Å². The van der Waals surface area contributed by atoms with Crippen LogP contribution in [0.2, 0.25) is 10.0 Å². The molecule has 0 bridgehead atoms. The smallest absolute Gasteiger partial charge is 0.345 e.